The molecule has 51 heavy (non-hydrogen) atoms. The summed E-state index contributed by atoms with van der Waals surface area (Å²) in [6, 6.07) is 20.3. The molecule has 0 N–H and O–H groups in total. The average Bonchev–Trinajstić information content (AvgIpc) is 3.49. The van der Waals surface area contributed by atoms with Crippen LogP contribution in [0.5, 0.6) is 11.5 Å². The third-order valence-electron chi connectivity index (χ3n) is 9.93. The number of hydrogen-bond donors (Lipinski definition) is 0. The number of rotatable bonds is 13. The molecule has 2 aliphatic heterocycles. The molecule has 0 bridgehead atoms. The number of nitriles is 1. The van der Waals surface area contributed by atoms with Crippen molar-refractivity contribution in [2.24, 2.45) is 0 Å². The van der Waals surface area contributed by atoms with Crippen LogP contribution in [-0.4, -0.2) is 53.4 Å². The van der Waals surface area contributed by atoms with Gasteiger partial charge in [-0.2, -0.15) is 5.26 Å². The second-order valence-corrected chi connectivity index (χ2v) is 14.1. The summed E-state index contributed by atoms with van der Waals surface area (Å²) in [5.41, 5.74) is 9.01. The second kappa shape index (κ2) is 16.8. The molecule has 0 spiro atoms. The van der Waals surface area contributed by atoms with E-state index in [1.807, 2.05) is 17.0 Å². The smallest absolute Gasteiger partial charge is 0.261 e. The van der Waals surface area contributed by atoms with Crippen molar-refractivity contribution < 1.29 is 18.3 Å². The number of halogens is 3. The van der Waals surface area contributed by atoms with Gasteiger partial charge >= 0.3 is 0 Å². The summed E-state index contributed by atoms with van der Waals surface area (Å²) in [6.45, 7) is 8.60. The van der Waals surface area contributed by atoms with Crippen molar-refractivity contribution in [3.05, 3.63) is 117 Å². The third-order valence-corrected chi connectivity index (χ3v) is 10.2. The molecule has 0 unspecified atom stereocenters. The highest BCUT2D eigenvalue weighted by Crippen LogP contribution is 2.36. The minimum Gasteiger partial charge on any atom is -0.488 e. The largest absolute Gasteiger partial charge is 0.488 e. The van der Waals surface area contributed by atoms with E-state index in [1.54, 1.807) is 12.3 Å². The Hall–Kier alpha value is -4.29. The topological polar surface area (TPSA) is 61.6 Å². The molecule has 2 saturated heterocycles. The standard InChI is InChI=1S/C42H45ClF2N4O2/c1-30-34(10-4-7-18-49-19-15-42(44,45)29-49)11-8-13-37(30)38-14-9-12-35(31(38)2)28-51-41-22-40(50-27-33-20-32(23-46)24-47-25-33)36(21-39(41)43)26-48-16-5-3-6-17-48/h4,8-14,20-22,24-25H,3,5-7,15-19,26-29H2,1-2H3/b10-4+. The van der Waals surface area contributed by atoms with Crippen LogP contribution in [0.2, 0.25) is 5.02 Å². The molecule has 3 heterocycles. The summed E-state index contributed by atoms with van der Waals surface area (Å²) in [5.74, 6) is -1.31. The van der Waals surface area contributed by atoms with E-state index in [4.69, 9.17) is 21.1 Å². The zero-order valence-corrected chi connectivity index (χ0v) is 30.2. The lowest BCUT2D eigenvalue weighted by Crippen LogP contribution is -2.29. The van der Waals surface area contributed by atoms with Crippen LogP contribution in [0.1, 0.15) is 71.0 Å². The Kier molecular flexibility index (Phi) is 12.0. The van der Waals surface area contributed by atoms with E-state index < -0.39 is 5.92 Å². The number of ether oxygens (including phenoxy) is 2. The number of benzene rings is 3. The van der Waals surface area contributed by atoms with E-state index in [1.165, 1.54) is 25.5 Å². The van der Waals surface area contributed by atoms with Gasteiger partial charge in [-0.25, -0.2) is 8.78 Å². The molecule has 4 aromatic rings. The minimum atomic E-state index is -2.56. The van der Waals surface area contributed by atoms with Crippen LogP contribution in [0.25, 0.3) is 17.2 Å². The number of hydrogen-bond acceptors (Lipinski definition) is 6. The van der Waals surface area contributed by atoms with E-state index >= 15 is 0 Å². The van der Waals surface area contributed by atoms with Gasteiger partial charge in [-0.05, 0) is 91.7 Å². The monoisotopic (exact) mass is 710 g/mol. The Balaban J connectivity index is 1.17. The molecule has 2 fully saturated rings. The fraction of sp³-hybridized carbons (Fsp3) is 0.381. The SMILES string of the molecule is Cc1c(/C=C/CCN2CCC(F)(F)C2)cccc1-c1cccc(COc2cc(OCc3cncc(C#N)c3)c(CN3CCCCC3)cc2Cl)c1C. The quantitative estimate of drug-likeness (QED) is 0.138. The van der Waals surface area contributed by atoms with Crippen LogP contribution in [0.3, 0.4) is 0 Å². The first-order valence-electron chi connectivity index (χ1n) is 17.8. The molecular formula is C42H45ClF2N4O2. The molecule has 0 radical (unpaired) electrons. The fourth-order valence-electron chi connectivity index (χ4n) is 6.97. The van der Waals surface area contributed by atoms with Crippen LogP contribution in [-0.2, 0) is 19.8 Å². The van der Waals surface area contributed by atoms with Gasteiger partial charge in [0.05, 0.1) is 17.1 Å². The predicted octanol–water partition coefficient (Wildman–Crippen LogP) is 9.78. The Bertz CT molecular complexity index is 1900. The zero-order valence-electron chi connectivity index (χ0n) is 29.4. The Morgan fingerprint density at radius 1 is 0.882 bits per heavy atom. The number of alkyl halides is 2. The van der Waals surface area contributed by atoms with Gasteiger partial charge in [-0.15, -0.1) is 0 Å². The maximum absolute atomic E-state index is 13.6. The van der Waals surface area contributed by atoms with Gasteiger partial charge in [0, 0.05) is 55.6 Å². The summed E-state index contributed by atoms with van der Waals surface area (Å²) < 4.78 is 39.9. The van der Waals surface area contributed by atoms with Crippen LogP contribution in [0.15, 0.2) is 73.1 Å². The Morgan fingerprint density at radius 2 is 1.65 bits per heavy atom. The Morgan fingerprint density at radius 3 is 2.41 bits per heavy atom. The Labute approximate surface area is 305 Å². The van der Waals surface area contributed by atoms with E-state index in [9.17, 15) is 14.0 Å². The molecular weight excluding hydrogens is 666 g/mol. The van der Waals surface area contributed by atoms with E-state index in [0.29, 0.717) is 41.8 Å². The van der Waals surface area contributed by atoms with Gasteiger partial charge in [0.25, 0.3) is 5.92 Å². The van der Waals surface area contributed by atoms with Gasteiger partial charge in [0.1, 0.15) is 30.8 Å². The van der Waals surface area contributed by atoms with E-state index in [0.717, 1.165) is 70.6 Å². The maximum atomic E-state index is 13.6. The lowest BCUT2D eigenvalue weighted by atomic mass is 9.91. The molecule has 1 aromatic heterocycles. The lowest BCUT2D eigenvalue weighted by molar-refractivity contribution is 0.0124. The van der Waals surface area contributed by atoms with Gasteiger partial charge in [-0.3, -0.25) is 14.8 Å². The molecule has 6 rings (SSSR count). The molecule has 9 heteroatoms. The van der Waals surface area contributed by atoms with E-state index in [-0.39, 0.29) is 19.6 Å². The van der Waals surface area contributed by atoms with Crippen molar-refractivity contribution in [3.63, 3.8) is 0 Å². The van der Waals surface area contributed by atoms with Crippen LogP contribution >= 0.6 is 11.6 Å². The summed E-state index contributed by atoms with van der Waals surface area (Å²) >= 11 is 6.86. The summed E-state index contributed by atoms with van der Waals surface area (Å²) in [4.78, 5) is 8.45. The van der Waals surface area contributed by atoms with Crippen LogP contribution < -0.4 is 9.47 Å². The average molecular weight is 711 g/mol. The maximum Gasteiger partial charge on any atom is 0.261 e. The minimum absolute atomic E-state index is 0.0482. The lowest BCUT2D eigenvalue weighted by Gasteiger charge is -2.27. The highest BCUT2D eigenvalue weighted by atomic mass is 35.5. The number of pyridine rings is 1. The van der Waals surface area contributed by atoms with Crippen molar-refractivity contribution in [3.8, 4) is 28.7 Å². The number of nitrogens with zero attached hydrogens (tertiary/aromatic N) is 4. The predicted molar refractivity (Wildman–Crippen MR) is 199 cm³/mol. The zero-order chi connectivity index (χ0) is 35.8. The molecule has 6 nitrogen and oxygen atoms in total. The third kappa shape index (κ3) is 9.53. The summed E-state index contributed by atoms with van der Waals surface area (Å²) in [7, 11) is 0. The normalized spacial score (nSPS) is 16.4. The first-order valence-corrected chi connectivity index (χ1v) is 18.2. The second-order valence-electron chi connectivity index (χ2n) is 13.7. The summed E-state index contributed by atoms with van der Waals surface area (Å²) in [6.07, 6.45) is 11.7. The molecule has 266 valence electrons. The van der Waals surface area contributed by atoms with Crippen molar-refractivity contribution in [2.75, 3.05) is 32.7 Å². The van der Waals surface area contributed by atoms with Gasteiger partial charge in [0.2, 0.25) is 0 Å². The van der Waals surface area contributed by atoms with Gasteiger partial charge in [0.15, 0.2) is 0 Å². The molecule has 2 aliphatic rings. The number of likely N-dealkylation sites (tertiary alicyclic amines) is 2. The first-order chi connectivity index (χ1) is 24.7. The van der Waals surface area contributed by atoms with Gasteiger partial charge in [-0.1, -0.05) is 66.6 Å². The fourth-order valence-corrected chi connectivity index (χ4v) is 7.21. The van der Waals surface area contributed by atoms with Crippen molar-refractivity contribution in [1.82, 2.24) is 14.8 Å². The first kappa shape index (κ1) is 36.5. The summed E-state index contributed by atoms with van der Waals surface area (Å²) in [5, 5.41) is 9.85. The molecule has 0 aliphatic carbocycles. The molecule has 3 aromatic carbocycles. The molecule has 0 saturated carbocycles. The van der Waals surface area contributed by atoms with Crippen LogP contribution in [0, 0.1) is 25.2 Å². The van der Waals surface area contributed by atoms with E-state index in [2.05, 4.69) is 78.4 Å². The number of piperidine rings is 1. The highest BCUT2D eigenvalue weighted by Gasteiger charge is 2.37. The van der Waals surface area contributed by atoms with Crippen molar-refractivity contribution >= 4 is 17.7 Å². The molecule has 0 amide bonds. The number of aromatic nitrogens is 1. The molecule has 0 atom stereocenters. The van der Waals surface area contributed by atoms with Crippen molar-refractivity contribution in [2.45, 2.75) is 71.6 Å². The highest BCUT2D eigenvalue weighted by molar-refractivity contribution is 6.32. The van der Waals surface area contributed by atoms with Crippen molar-refractivity contribution in [1.29, 1.82) is 5.26 Å². The van der Waals surface area contributed by atoms with Gasteiger partial charge < -0.3 is 9.47 Å². The van der Waals surface area contributed by atoms with Crippen LogP contribution in [0.4, 0.5) is 8.78 Å².